The van der Waals surface area contributed by atoms with Crippen LogP contribution in [-0.2, 0) is 18.9 Å². The fraction of sp³-hybridized carbons (Fsp3) is 0.515. The van der Waals surface area contributed by atoms with Crippen LogP contribution in [0.1, 0.15) is 68.2 Å². The molecule has 9 atom stereocenters. The quantitative estimate of drug-likeness (QED) is 0.338. The van der Waals surface area contributed by atoms with E-state index >= 15 is 0 Å². The SMILES string of the molecule is CC1C2=C[C@@H]3O[C@]4(CC[C@@](C)(COC(=O)c5ccccc5)O4)[C@@H](C)[C@@H]3[C@@]2(C)[C@H](OC(=O)c2ccccc2)C1C. The molecule has 2 saturated heterocycles. The minimum absolute atomic E-state index is 0.0586. The van der Waals surface area contributed by atoms with Crippen LogP contribution in [0.5, 0.6) is 0 Å². The van der Waals surface area contributed by atoms with E-state index in [1.807, 2.05) is 43.3 Å². The molecule has 39 heavy (non-hydrogen) atoms. The number of benzene rings is 2. The lowest BCUT2D eigenvalue weighted by Crippen LogP contribution is -2.46. The molecule has 0 bridgehead atoms. The summed E-state index contributed by atoms with van der Waals surface area (Å²) in [5.74, 6) is -0.755. The van der Waals surface area contributed by atoms with Crippen molar-refractivity contribution in [3.8, 4) is 0 Å². The molecular weight excluding hydrogens is 492 g/mol. The molecule has 2 aliphatic carbocycles. The Labute approximate surface area is 230 Å². The van der Waals surface area contributed by atoms with Crippen molar-refractivity contribution < 1.29 is 28.5 Å². The van der Waals surface area contributed by atoms with Crippen molar-refractivity contribution in [2.24, 2.45) is 29.1 Å². The van der Waals surface area contributed by atoms with E-state index < -0.39 is 11.4 Å². The van der Waals surface area contributed by atoms with Crippen molar-refractivity contribution in [1.29, 1.82) is 0 Å². The van der Waals surface area contributed by atoms with Crippen LogP contribution in [0, 0.1) is 29.1 Å². The van der Waals surface area contributed by atoms with Crippen LogP contribution in [-0.4, -0.2) is 42.1 Å². The topological polar surface area (TPSA) is 71.1 Å². The Bertz CT molecular complexity index is 1290. The first-order valence-corrected chi connectivity index (χ1v) is 14.2. The molecule has 0 aromatic heterocycles. The van der Waals surface area contributed by atoms with Crippen molar-refractivity contribution in [2.75, 3.05) is 6.61 Å². The summed E-state index contributed by atoms with van der Waals surface area (Å²) in [5, 5.41) is 0. The molecule has 206 valence electrons. The van der Waals surface area contributed by atoms with Gasteiger partial charge in [0.1, 0.15) is 18.3 Å². The van der Waals surface area contributed by atoms with Gasteiger partial charge in [0, 0.05) is 29.6 Å². The molecule has 2 aromatic carbocycles. The van der Waals surface area contributed by atoms with E-state index in [-0.39, 0.29) is 59.8 Å². The highest BCUT2D eigenvalue weighted by Gasteiger charge is 2.70. The van der Waals surface area contributed by atoms with Crippen LogP contribution < -0.4 is 0 Å². The Morgan fingerprint density at radius 1 is 0.897 bits per heavy atom. The third-order valence-electron chi connectivity index (χ3n) is 10.1. The fourth-order valence-corrected chi connectivity index (χ4v) is 7.93. The minimum Gasteiger partial charge on any atom is -0.459 e. The van der Waals surface area contributed by atoms with Crippen LogP contribution in [0.2, 0.25) is 0 Å². The number of hydrogen-bond acceptors (Lipinski definition) is 6. The van der Waals surface area contributed by atoms with Crippen molar-refractivity contribution in [1.82, 2.24) is 0 Å². The molecule has 6 heteroatoms. The highest BCUT2D eigenvalue weighted by atomic mass is 16.7. The lowest BCUT2D eigenvalue weighted by atomic mass is 9.67. The highest BCUT2D eigenvalue weighted by Crippen LogP contribution is 2.67. The van der Waals surface area contributed by atoms with Crippen LogP contribution in [0.4, 0.5) is 0 Å². The Morgan fingerprint density at radius 3 is 2.15 bits per heavy atom. The van der Waals surface area contributed by atoms with Gasteiger partial charge in [0.15, 0.2) is 5.79 Å². The summed E-state index contributed by atoms with van der Waals surface area (Å²) in [6.45, 7) is 11.0. The number of carbonyl (C=O) groups is 2. The third-order valence-corrected chi connectivity index (χ3v) is 10.1. The van der Waals surface area contributed by atoms with Crippen molar-refractivity contribution >= 4 is 11.9 Å². The van der Waals surface area contributed by atoms with Gasteiger partial charge >= 0.3 is 11.9 Å². The van der Waals surface area contributed by atoms with Crippen molar-refractivity contribution in [3.05, 3.63) is 83.4 Å². The largest absolute Gasteiger partial charge is 0.459 e. The van der Waals surface area contributed by atoms with Crippen LogP contribution in [0.15, 0.2) is 72.3 Å². The number of fused-ring (bicyclic) bond motifs is 3. The summed E-state index contributed by atoms with van der Waals surface area (Å²) in [6.07, 6.45) is 3.36. The molecule has 6 rings (SSSR count). The van der Waals surface area contributed by atoms with Gasteiger partial charge in [-0.2, -0.15) is 0 Å². The average molecular weight is 531 g/mol. The zero-order valence-electron chi connectivity index (χ0n) is 23.4. The number of ether oxygens (including phenoxy) is 4. The van der Waals surface area contributed by atoms with E-state index in [4.69, 9.17) is 18.9 Å². The van der Waals surface area contributed by atoms with Crippen molar-refractivity contribution in [3.63, 3.8) is 0 Å². The second-order valence-corrected chi connectivity index (χ2v) is 12.4. The maximum absolute atomic E-state index is 13.2. The molecule has 1 spiro atoms. The number of rotatable bonds is 5. The Balaban J connectivity index is 1.21. The zero-order chi connectivity index (χ0) is 27.6. The molecule has 6 nitrogen and oxygen atoms in total. The summed E-state index contributed by atoms with van der Waals surface area (Å²) in [6, 6.07) is 18.2. The molecule has 1 saturated carbocycles. The van der Waals surface area contributed by atoms with Gasteiger partial charge in [0.2, 0.25) is 0 Å². The maximum atomic E-state index is 13.2. The van der Waals surface area contributed by atoms with E-state index in [2.05, 4.69) is 33.8 Å². The summed E-state index contributed by atoms with van der Waals surface area (Å²) in [7, 11) is 0. The summed E-state index contributed by atoms with van der Waals surface area (Å²) in [5.41, 5.74) is 1.44. The Hall–Kier alpha value is -2.96. The minimum atomic E-state index is -0.767. The number of carbonyl (C=O) groups excluding carboxylic acids is 2. The number of esters is 2. The molecule has 3 fully saturated rings. The molecule has 2 aliphatic heterocycles. The zero-order valence-corrected chi connectivity index (χ0v) is 23.4. The van der Waals surface area contributed by atoms with Gasteiger partial charge in [0.05, 0.1) is 17.2 Å². The molecule has 2 heterocycles. The first-order valence-electron chi connectivity index (χ1n) is 14.2. The summed E-state index contributed by atoms with van der Waals surface area (Å²) in [4.78, 5) is 25.8. The second-order valence-electron chi connectivity index (χ2n) is 12.4. The van der Waals surface area contributed by atoms with E-state index in [0.717, 1.165) is 12.8 Å². The van der Waals surface area contributed by atoms with Gasteiger partial charge in [-0.1, -0.05) is 75.7 Å². The van der Waals surface area contributed by atoms with Crippen LogP contribution >= 0.6 is 0 Å². The molecule has 0 radical (unpaired) electrons. The van der Waals surface area contributed by atoms with Gasteiger partial charge in [-0.05, 0) is 43.5 Å². The fourth-order valence-electron chi connectivity index (χ4n) is 7.93. The first kappa shape index (κ1) is 26.3. The van der Waals surface area contributed by atoms with Gasteiger partial charge < -0.3 is 18.9 Å². The highest BCUT2D eigenvalue weighted by molar-refractivity contribution is 5.90. The standard InChI is InChI=1S/C33H38O6/c1-20-21(2)28(37-30(35)24-14-10-7-11-15-24)32(5)25(20)18-26-27(32)22(3)33(38-26)17-16-31(4,39-33)19-36-29(34)23-12-8-6-9-13-23/h6-15,18,20-22,26-28H,16-17,19H2,1-5H3/t20?,21?,22-,26-,27-,28+,31-,32-,33-/m0/s1. The second kappa shape index (κ2) is 9.31. The first-order chi connectivity index (χ1) is 18.6. The predicted molar refractivity (Wildman–Crippen MR) is 146 cm³/mol. The lowest BCUT2D eigenvalue weighted by Gasteiger charge is -2.40. The van der Waals surface area contributed by atoms with Gasteiger partial charge in [-0.3, -0.25) is 0 Å². The van der Waals surface area contributed by atoms with Gasteiger partial charge in [-0.25, -0.2) is 9.59 Å². The summed E-state index contributed by atoms with van der Waals surface area (Å²) < 4.78 is 25.5. The average Bonchev–Trinajstić information content (AvgIpc) is 3.58. The van der Waals surface area contributed by atoms with E-state index in [0.29, 0.717) is 11.1 Å². The lowest BCUT2D eigenvalue weighted by molar-refractivity contribution is -0.254. The monoisotopic (exact) mass is 530 g/mol. The van der Waals surface area contributed by atoms with Crippen LogP contribution in [0.25, 0.3) is 0 Å². The Kier molecular flexibility index (Phi) is 6.27. The van der Waals surface area contributed by atoms with Crippen LogP contribution in [0.3, 0.4) is 0 Å². The normalized spacial score (nSPS) is 40.3. The van der Waals surface area contributed by atoms with E-state index in [9.17, 15) is 9.59 Å². The number of hydrogen-bond donors (Lipinski definition) is 0. The molecule has 0 amide bonds. The third kappa shape index (κ3) is 4.06. The Morgan fingerprint density at radius 2 is 1.51 bits per heavy atom. The molecular formula is C33H38O6. The molecule has 0 N–H and O–H groups in total. The molecule has 2 aromatic rings. The summed E-state index contributed by atoms with van der Waals surface area (Å²) >= 11 is 0. The molecule has 2 unspecified atom stereocenters. The van der Waals surface area contributed by atoms with E-state index in [1.54, 1.807) is 24.3 Å². The smallest absolute Gasteiger partial charge is 0.338 e. The van der Waals surface area contributed by atoms with Gasteiger partial charge in [-0.15, -0.1) is 0 Å². The van der Waals surface area contributed by atoms with Crippen molar-refractivity contribution in [2.45, 2.75) is 71.1 Å². The molecule has 4 aliphatic rings. The van der Waals surface area contributed by atoms with E-state index in [1.165, 1.54) is 5.57 Å². The predicted octanol–water partition coefficient (Wildman–Crippen LogP) is 6.22. The van der Waals surface area contributed by atoms with Gasteiger partial charge in [0.25, 0.3) is 0 Å². The maximum Gasteiger partial charge on any atom is 0.338 e.